The molecule has 0 atom stereocenters. The second kappa shape index (κ2) is 7.15. The van der Waals surface area contributed by atoms with Gasteiger partial charge in [-0.1, -0.05) is 6.92 Å². The molecule has 1 aromatic heterocycles. The van der Waals surface area contributed by atoms with Crippen molar-refractivity contribution in [3.8, 4) is 0 Å². The standard InChI is InChI=1S/C16H22N2O3S/c1-5-6-18-15(19)14(22-16(18)20)10-13-9-11(2)17(12(13)3)7-8-21-4/h9-10H,5-8H2,1-4H3/b14-10-. The number of hydrogen-bond donors (Lipinski definition) is 0. The van der Waals surface area contributed by atoms with Gasteiger partial charge in [0.1, 0.15) is 0 Å². The Hall–Kier alpha value is -1.53. The molecular formula is C16H22N2O3S. The second-order valence-electron chi connectivity index (χ2n) is 5.30. The predicted octanol–water partition coefficient (Wildman–Crippen LogP) is 3.20. The highest BCUT2D eigenvalue weighted by molar-refractivity contribution is 8.18. The minimum Gasteiger partial charge on any atom is -0.383 e. The first kappa shape index (κ1) is 16.8. The molecule has 0 bridgehead atoms. The van der Waals surface area contributed by atoms with E-state index in [1.807, 2.05) is 32.9 Å². The second-order valence-corrected chi connectivity index (χ2v) is 6.30. The van der Waals surface area contributed by atoms with Crippen molar-refractivity contribution in [2.45, 2.75) is 33.7 Å². The van der Waals surface area contributed by atoms with Gasteiger partial charge in [0.05, 0.1) is 11.5 Å². The number of hydrogen-bond acceptors (Lipinski definition) is 4. The summed E-state index contributed by atoms with van der Waals surface area (Å²) in [5, 5.41) is -0.175. The van der Waals surface area contributed by atoms with Gasteiger partial charge in [-0.3, -0.25) is 14.5 Å². The van der Waals surface area contributed by atoms with E-state index in [2.05, 4.69) is 4.57 Å². The average molecular weight is 322 g/mol. The van der Waals surface area contributed by atoms with E-state index in [0.717, 1.165) is 41.7 Å². The van der Waals surface area contributed by atoms with Gasteiger partial charge in [0.25, 0.3) is 11.1 Å². The van der Waals surface area contributed by atoms with Crippen LogP contribution in [0.4, 0.5) is 4.79 Å². The topological polar surface area (TPSA) is 51.5 Å². The fraction of sp³-hybridized carbons (Fsp3) is 0.500. The highest BCUT2D eigenvalue weighted by Gasteiger charge is 2.34. The lowest BCUT2D eigenvalue weighted by Gasteiger charge is -2.09. The van der Waals surface area contributed by atoms with Crippen LogP contribution in [0.3, 0.4) is 0 Å². The lowest BCUT2D eigenvalue weighted by Crippen LogP contribution is -2.28. The number of aromatic nitrogens is 1. The molecule has 1 saturated heterocycles. The number of imide groups is 1. The van der Waals surface area contributed by atoms with Gasteiger partial charge < -0.3 is 9.30 Å². The van der Waals surface area contributed by atoms with Crippen LogP contribution in [0.15, 0.2) is 11.0 Å². The molecule has 1 aliphatic heterocycles. The summed E-state index contributed by atoms with van der Waals surface area (Å²) >= 11 is 1.02. The monoisotopic (exact) mass is 322 g/mol. The number of carbonyl (C=O) groups is 2. The number of ether oxygens (including phenoxy) is 1. The van der Waals surface area contributed by atoms with E-state index in [1.165, 1.54) is 4.90 Å². The predicted molar refractivity (Wildman–Crippen MR) is 88.8 cm³/mol. The number of thioether (sulfide) groups is 1. The summed E-state index contributed by atoms with van der Waals surface area (Å²) in [6.07, 6.45) is 2.60. The summed E-state index contributed by atoms with van der Waals surface area (Å²) in [6.45, 7) is 7.90. The van der Waals surface area contributed by atoms with Crippen molar-refractivity contribution in [3.63, 3.8) is 0 Å². The number of aryl methyl sites for hydroxylation is 1. The van der Waals surface area contributed by atoms with Gasteiger partial charge in [0.15, 0.2) is 0 Å². The first-order chi connectivity index (χ1) is 10.5. The van der Waals surface area contributed by atoms with Crippen LogP contribution < -0.4 is 0 Å². The minimum absolute atomic E-state index is 0.175. The Morgan fingerprint density at radius 3 is 2.64 bits per heavy atom. The van der Waals surface area contributed by atoms with Gasteiger partial charge in [-0.25, -0.2) is 0 Å². The van der Waals surface area contributed by atoms with E-state index in [-0.39, 0.29) is 11.1 Å². The third-order valence-corrected chi connectivity index (χ3v) is 4.65. The number of amides is 2. The van der Waals surface area contributed by atoms with Gasteiger partial charge in [-0.05, 0) is 49.7 Å². The number of methoxy groups -OCH3 is 1. The Kier molecular flexibility index (Phi) is 5.47. The van der Waals surface area contributed by atoms with Gasteiger partial charge >= 0.3 is 0 Å². The van der Waals surface area contributed by atoms with E-state index >= 15 is 0 Å². The van der Waals surface area contributed by atoms with Crippen LogP contribution in [0, 0.1) is 13.8 Å². The maximum atomic E-state index is 12.3. The molecule has 0 aliphatic carbocycles. The van der Waals surface area contributed by atoms with E-state index in [0.29, 0.717) is 18.1 Å². The fourth-order valence-corrected chi connectivity index (χ4v) is 3.41. The maximum Gasteiger partial charge on any atom is 0.293 e. The molecule has 0 N–H and O–H groups in total. The van der Waals surface area contributed by atoms with Gasteiger partial charge in [0, 0.05) is 31.6 Å². The first-order valence-electron chi connectivity index (χ1n) is 7.40. The minimum atomic E-state index is -0.182. The first-order valence-corrected chi connectivity index (χ1v) is 8.22. The van der Waals surface area contributed by atoms with Crippen LogP contribution in [-0.2, 0) is 16.1 Å². The highest BCUT2D eigenvalue weighted by Crippen LogP contribution is 2.33. The van der Waals surface area contributed by atoms with Crippen LogP contribution in [0.1, 0.15) is 30.3 Å². The van der Waals surface area contributed by atoms with Crippen LogP contribution in [0.2, 0.25) is 0 Å². The van der Waals surface area contributed by atoms with Crippen molar-refractivity contribution in [1.82, 2.24) is 9.47 Å². The van der Waals surface area contributed by atoms with Crippen LogP contribution in [-0.4, -0.2) is 40.9 Å². The van der Waals surface area contributed by atoms with Gasteiger partial charge in [-0.2, -0.15) is 0 Å². The molecule has 120 valence electrons. The maximum absolute atomic E-state index is 12.3. The quantitative estimate of drug-likeness (QED) is 0.755. The van der Waals surface area contributed by atoms with Crippen molar-refractivity contribution >= 4 is 29.0 Å². The zero-order valence-corrected chi connectivity index (χ0v) is 14.3. The number of rotatable bonds is 6. The summed E-state index contributed by atoms with van der Waals surface area (Å²) in [6, 6.07) is 2.04. The van der Waals surface area contributed by atoms with E-state index in [9.17, 15) is 9.59 Å². The molecule has 1 aliphatic rings. The van der Waals surface area contributed by atoms with Gasteiger partial charge in [0.2, 0.25) is 0 Å². The molecule has 0 spiro atoms. The lowest BCUT2D eigenvalue weighted by atomic mass is 10.2. The zero-order valence-electron chi connectivity index (χ0n) is 13.5. The third-order valence-electron chi connectivity index (χ3n) is 3.74. The Labute approximate surface area is 135 Å². The Morgan fingerprint density at radius 1 is 1.27 bits per heavy atom. The van der Waals surface area contributed by atoms with E-state index < -0.39 is 0 Å². The highest BCUT2D eigenvalue weighted by atomic mass is 32.2. The molecule has 2 amide bonds. The molecule has 2 rings (SSSR count). The molecular weight excluding hydrogens is 300 g/mol. The third kappa shape index (κ3) is 3.28. The average Bonchev–Trinajstić information content (AvgIpc) is 2.89. The van der Waals surface area contributed by atoms with Crippen LogP contribution >= 0.6 is 11.8 Å². The molecule has 0 radical (unpaired) electrons. The molecule has 0 saturated carbocycles. The molecule has 5 nitrogen and oxygen atoms in total. The number of carbonyl (C=O) groups excluding carboxylic acids is 2. The zero-order chi connectivity index (χ0) is 16.3. The molecule has 1 fully saturated rings. The van der Waals surface area contributed by atoms with Crippen LogP contribution in [0.25, 0.3) is 6.08 Å². The Morgan fingerprint density at radius 2 is 2.00 bits per heavy atom. The normalized spacial score (nSPS) is 17.1. The molecule has 0 unspecified atom stereocenters. The summed E-state index contributed by atoms with van der Waals surface area (Å²) in [4.78, 5) is 26.0. The fourth-order valence-electron chi connectivity index (χ4n) is 2.56. The summed E-state index contributed by atoms with van der Waals surface area (Å²) in [5.74, 6) is -0.182. The lowest BCUT2D eigenvalue weighted by molar-refractivity contribution is -0.122. The smallest absolute Gasteiger partial charge is 0.293 e. The molecule has 22 heavy (non-hydrogen) atoms. The van der Waals surface area contributed by atoms with Crippen molar-refractivity contribution in [1.29, 1.82) is 0 Å². The Balaban J connectivity index is 2.27. The summed E-state index contributed by atoms with van der Waals surface area (Å²) < 4.78 is 7.28. The van der Waals surface area contributed by atoms with Crippen molar-refractivity contribution in [2.24, 2.45) is 0 Å². The van der Waals surface area contributed by atoms with E-state index in [4.69, 9.17) is 4.74 Å². The molecule has 6 heteroatoms. The number of nitrogens with zero attached hydrogens (tertiary/aromatic N) is 2. The van der Waals surface area contributed by atoms with E-state index in [1.54, 1.807) is 7.11 Å². The molecule has 0 aromatic carbocycles. The summed E-state index contributed by atoms with van der Waals surface area (Å²) in [5.41, 5.74) is 3.18. The Bertz CT molecular complexity index is 619. The largest absolute Gasteiger partial charge is 0.383 e. The molecule has 2 heterocycles. The van der Waals surface area contributed by atoms with Crippen molar-refractivity contribution in [2.75, 3.05) is 20.3 Å². The van der Waals surface area contributed by atoms with Crippen molar-refractivity contribution < 1.29 is 14.3 Å². The van der Waals surface area contributed by atoms with Crippen LogP contribution in [0.5, 0.6) is 0 Å². The van der Waals surface area contributed by atoms with Gasteiger partial charge in [-0.15, -0.1) is 0 Å². The van der Waals surface area contributed by atoms with Crippen molar-refractivity contribution in [3.05, 3.63) is 27.9 Å². The molecule has 1 aromatic rings. The summed E-state index contributed by atoms with van der Waals surface area (Å²) in [7, 11) is 1.68. The SMILES string of the molecule is CCCN1C(=O)S/C(=C\c2cc(C)n(CCOC)c2C)C1=O.